The Bertz CT molecular complexity index is 660. The zero-order valence-electron chi connectivity index (χ0n) is 12.7. The number of hydrogen-bond acceptors (Lipinski definition) is 2. The Morgan fingerprint density at radius 3 is 2.36 bits per heavy atom. The van der Waals surface area contributed by atoms with Crippen LogP contribution in [0.25, 0.3) is 0 Å². The van der Waals surface area contributed by atoms with Crippen molar-refractivity contribution in [2.24, 2.45) is 0 Å². The van der Waals surface area contributed by atoms with Crippen molar-refractivity contribution in [3.63, 3.8) is 0 Å². The van der Waals surface area contributed by atoms with Gasteiger partial charge < -0.3 is 9.64 Å². The summed E-state index contributed by atoms with van der Waals surface area (Å²) >= 11 is 18.2. The molecule has 118 valence electrons. The van der Waals surface area contributed by atoms with Gasteiger partial charge in [0.2, 0.25) is 0 Å². The molecule has 1 unspecified atom stereocenters. The van der Waals surface area contributed by atoms with Gasteiger partial charge in [-0.15, -0.1) is 0 Å². The van der Waals surface area contributed by atoms with Crippen LogP contribution < -0.4 is 9.64 Å². The molecule has 0 aliphatic rings. The van der Waals surface area contributed by atoms with E-state index in [-0.39, 0.29) is 6.23 Å². The van der Waals surface area contributed by atoms with Crippen LogP contribution in [0.5, 0.6) is 5.75 Å². The van der Waals surface area contributed by atoms with E-state index in [1.54, 1.807) is 12.1 Å². The number of anilines is 1. The summed E-state index contributed by atoms with van der Waals surface area (Å²) in [6, 6.07) is 11.5. The molecule has 0 bridgehead atoms. The number of halogens is 3. The van der Waals surface area contributed by atoms with Crippen LogP contribution in [0.15, 0.2) is 36.4 Å². The molecular weight excluding hydrogens is 341 g/mol. The summed E-state index contributed by atoms with van der Waals surface area (Å²) in [6.07, 6.45) is -0.193. The number of benzene rings is 2. The third-order valence-electron chi connectivity index (χ3n) is 3.39. The summed E-state index contributed by atoms with van der Waals surface area (Å²) in [6.45, 7) is 6.94. The van der Waals surface area contributed by atoms with Crippen molar-refractivity contribution in [3.05, 3.63) is 57.0 Å². The van der Waals surface area contributed by atoms with Gasteiger partial charge in [-0.05, 0) is 44.5 Å². The summed E-state index contributed by atoms with van der Waals surface area (Å²) < 4.78 is 5.98. The first-order valence-electron chi connectivity index (χ1n) is 7.07. The van der Waals surface area contributed by atoms with Crippen LogP contribution in [0, 0.1) is 6.92 Å². The molecule has 22 heavy (non-hydrogen) atoms. The maximum Gasteiger partial charge on any atom is 0.169 e. The topological polar surface area (TPSA) is 12.5 Å². The van der Waals surface area contributed by atoms with E-state index in [0.717, 1.165) is 12.2 Å². The van der Waals surface area contributed by atoms with E-state index in [2.05, 4.69) is 36.9 Å². The molecule has 1 atom stereocenters. The van der Waals surface area contributed by atoms with Crippen molar-refractivity contribution in [1.82, 2.24) is 0 Å². The number of ether oxygens (including phenoxy) is 1. The lowest BCUT2D eigenvalue weighted by molar-refractivity contribution is 0.216. The lowest BCUT2D eigenvalue weighted by atomic mass is 10.2. The van der Waals surface area contributed by atoms with Crippen molar-refractivity contribution < 1.29 is 4.74 Å². The van der Waals surface area contributed by atoms with E-state index in [0.29, 0.717) is 20.8 Å². The highest BCUT2D eigenvalue weighted by atomic mass is 35.5. The van der Waals surface area contributed by atoms with Gasteiger partial charge in [-0.3, -0.25) is 0 Å². The molecule has 0 aliphatic heterocycles. The molecule has 0 spiro atoms. The van der Waals surface area contributed by atoms with Gasteiger partial charge in [0.05, 0.1) is 15.1 Å². The summed E-state index contributed by atoms with van der Waals surface area (Å²) in [5, 5.41) is 1.28. The van der Waals surface area contributed by atoms with E-state index >= 15 is 0 Å². The van der Waals surface area contributed by atoms with E-state index < -0.39 is 0 Å². The molecule has 2 rings (SSSR count). The molecule has 2 aromatic rings. The molecule has 0 N–H and O–H groups in total. The standard InChI is InChI=1S/C17H18Cl3NO/c1-4-21(13-7-5-6-11(2)8-13)12(3)22-17-10-15(19)14(18)9-16(17)20/h5-10,12H,4H2,1-3H3. The predicted octanol–water partition coefficient (Wildman–Crippen LogP) is 6.21. The monoisotopic (exact) mass is 357 g/mol. The lowest BCUT2D eigenvalue weighted by Gasteiger charge is -2.31. The third-order valence-corrected chi connectivity index (χ3v) is 4.40. The predicted molar refractivity (Wildman–Crippen MR) is 95.8 cm³/mol. The van der Waals surface area contributed by atoms with Gasteiger partial charge in [0.1, 0.15) is 5.75 Å². The Morgan fingerprint density at radius 2 is 1.73 bits per heavy atom. The van der Waals surface area contributed by atoms with Crippen molar-refractivity contribution in [1.29, 1.82) is 0 Å². The highest BCUT2D eigenvalue weighted by Crippen LogP contribution is 2.35. The quantitative estimate of drug-likeness (QED) is 0.465. The fourth-order valence-corrected chi connectivity index (χ4v) is 2.88. The molecule has 0 heterocycles. The normalized spacial score (nSPS) is 12.1. The zero-order valence-corrected chi connectivity index (χ0v) is 15.0. The van der Waals surface area contributed by atoms with E-state index in [1.807, 2.05) is 13.0 Å². The van der Waals surface area contributed by atoms with Crippen molar-refractivity contribution >= 4 is 40.5 Å². The highest BCUT2D eigenvalue weighted by molar-refractivity contribution is 6.43. The largest absolute Gasteiger partial charge is 0.469 e. The number of rotatable bonds is 5. The lowest BCUT2D eigenvalue weighted by Crippen LogP contribution is -2.37. The van der Waals surface area contributed by atoms with Gasteiger partial charge in [0, 0.05) is 18.3 Å². The second kappa shape index (κ2) is 7.45. The van der Waals surface area contributed by atoms with Gasteiger partial charge in [-0.25, -0.2) is 0 Å². The zero-order chi connectivity index (χ0) is 16.3. The van der Waals surface area contributed by atoms with Crippen LogP contribution in [0.2, 0.25) is 15.1 Å². The molecule has 0 saturated heterocycles. The van der Waals surface area contributed by atoms with E-state index in [9.17, 15) is 0 Å². The van der Waals surface area contributed by atoms with Crippen LogP contribution in [-0.4, -0.2) is 12.8 Å². The van der Waals surface area contributed by atoms with E-state index in [4.69, 9.17) is 39.5 Å². The average molecular weight is 359 g/mol. The summed E-state index contributed by atoms with van der Waals surface area (Å²) in [7, 11) is 0. The maximum atomic E-state index is 6.18. The second-order valence-electron chi connectivity index (χ2n) is 5.04. The Kier molecular flexibility index (Phi) is 5.85. The Balaban J connectivity index is 2.23. The van der Waals surface area contributed by atoms with Crippen molar-refractivity contribution in [3.8, 4) is 5.75 Å². The first-order chi connectivity index (χ1) is 10.4. The SMILES string of the molecule is CCN(c1cccc(C)c1)C(C)Oc1cc(Cl)c(Cl)cc1Cl. The van der Waals surface area contributed by atoms with Gasteiger partial charge >= 0.3 is 0 Å². The molecule has 2 nitrogen and oxygen atoms in total. The first kappa shape index (κ1) is 17.3. The molecule has 0 aromatic heterocycles. The van der Waals surface area contributed by atoms with Crippen molar-refractivity contribution in [2.45, 2.75) is 27.0 Å². The number of aryl methyl sites for hydroxylation is 1. The summed E-state index contributed by atoms with van der Waals surface area (Å²) in [4.78, 5) is 2.14. The Hall–Kier alpha value is -1.09. The van der Waals surface area contributed by atoms with Crippen LogP contribution in [0.1, 0.15) is 19.4 Å². The van der Waals surface area contributed by atoms with Crippen LogP contribution in [0.3, 0.4) is 0 Å². The van der Waals surface area contributed by atoms with Crippen molar-refractivity contribution in [2.75, 3.05) is 11.4 Å². The minimum absolute atomic E-state index is 0.193. The molecule has 0 fully saturated rings. The molecule has 0 aliphatic carbocycles. The molecule has 0 saturated carbocycles. The minimum Gasteiger partial charge on any atom is -0.469 e. The van der Waals surface area contributed by atoms with Gasteiger partial charge in [-0.2, -0.15) is 0 Å². The Labute approximate surface area is 146 Å². The molecule has 0 radical (unpaired) electrons. The molecule has 5 heteroatoms. The van der Waals surface area contributed by atoms with Crippen LogP contribution in [-0.2, 0) is 0 Å². The van der Waals surface area contributed by atoms with Gasteiger partial charge in [-0.1, -0.05) is 46.9 Å². The smallest absolute Gasteiger partial charge is 0.169 e. The average Bonchev–Trinajstić information content (AvgIpc) is 2.45. The fraction of sp³-hybridized carbons (Fsp3) is 0.294. The maximum absolute atomic E-state index is 6.18. The summed E-state index contributed by atoms with van der Waals surface area (Å²) in [5.41, 5.74) is 2.31. The van der Waals surface area contributed by atoms with Gasteiger partial charge in [0.25, 0.3) is 0 Å². The second-order valence-corrected chi connectivity index (χ2v) is 6.26. The molecule has 2 aromatic carbocycles. The van der Waals surface area contributed by atoms with E-state index in [1.165, 1.54) is 5.56 Å². The fourth-order valence-electron chi connectivity index (χ4n) is 2.30. The first-order valence-corrected chi connectivity index (χ1v) is 8.20. The Morgan fingerprint density at radius 1 is 1.05 bits per heavy atom. The van der Waals surface area contributed by atoms with Crippen LogP contribution >= 0.6 is 34.8 Å². The summed E-state index contributed by atoms with van der Waals surface area (Å²) in [5.74, 6) is 0.523. The number of hydrogen-bond donors (Lipinski definition) is 0. The van der Waals surface area contributed by atoms with Crippen LogP contribution in [0.4, 0.5) is 5.69 Å². The van der Waals surface area contributed by atoms with Gasteiger partial charge in [0.15, 0.2) is 6.23 Å². The third kappa shape index (κ3) is 4.01. The number of nitrogens with zero attached hydrogens (tertiary/aromatic N) is 1. The molecular formula is C17H18Cl3NO. The molecule has 0 amide bonds. The highest BCUT2D eigenvalue weighted by Gasteiger charge is 2.17. The minimum atomic E-state index is -0.193.